The monoisotopic (exact) mass is 316 g/mol. The van der Waals surface area contributed by atoms with Crippen LogP contribution in [-0.2, 0) is 0 Å². The number of halogens is 1. The molecule has 1 N–H and O–H groups in total. The smallest absolute Gasteiger partial charge is 0.133 e. The number of rotatable bonds is 4. The van der Waals surface area contributed by atoms with E-state index >= 15 is 0 Å². The molecule has 1 rings (SSSR count). The molecular weight excluding hydrogens is 296 g/mol. The highest BCUT2D eigenvalue weighted by Crippen LogP contribution is 2.39. The Morgan fingerprint density at radius 1 is 1.17 bits per heavy atom. The molecule has 0 amide bonds. The van der Waals surface area contributed by atoms with E-state index in [4.69, 9.17) is 9.47 Å². The maximum absolute atomic E-state index is 10.3. The van der Waals surface area contributed by atoms with Crippen molar-refractivity contribution in [2.75, 3.05) is 14.2 Å². The van der Waals surface area contributed by atoms with Crippen molar-refractivity contribution in [2.45, 2.75) is 33.3 Å². The van der Waals surface area contributed by atoms with Gasteiger partial charge in [0.05, 0.1) is 24.8 Å². The molecule has 0 radical (unpaired) electrons. The van der Waals surface area contributed by atoms with Crippen molar-refractivity contribution in [3.05, 3.63) is 22.2 Å². The van der Waals surface area contributed by atoms with Crippen LogP contribution in [0, 0.1) is 5.41 Å². The molecule has 102 valence electrons. The summed E-state index contributed by atoms with van der Waals surface area (Å²) in [7, 11) is 3.20. The van der Waals surface area contributed by atoms with Gasteiger partial charge >= 0.3 is 0 Å². The number of benzene rings is 1. The minimum atomic E-state index is -0.568. The predicted octanol–water partition coefficient (Wildman–Crippen LogP) is 3.94. The largest absolute Gasteiger partial charge is 0.496 e. The zero-order chi connectivity index (χ0) is 13.9. The van der Waals surface area contributed by atoms with Gasteiger partial charge in [0.15, 0.2) is 0 Å². The summed E-state index contributed by atoms with van der Waals surface area (Å²) in [6.07, 6.45) is 0.0932. The molecule has 1 atom stereocenters. The van der Waals surface area contributed by atoms with Gasteiger partial charge in [-0.3, -0.25) is 0 Å². The van der Waals surface area contributed by atoms with Crippen LogP contribution in [0.15, 0.2) is 16.6 Å². The van der Waals surface area contributed by atoms with Gasteiger partial charge in [-0.1, -0.05) is 20.8 Å². The summed E-state index contributed by atoms with van der Waals surface area (Å²) in [6, 6.07) is 3.64. The van der Waals surface area contributed by atoms with Crippen LogP contribution >= 0.6 is 15.9 Å². The van der Waals surface area contributed by atoms with E-state index < -0.39 is 6.10 Å². The van der Waals surface area contributed by atoms with Crippen molar-refractivity contribution in [3.8, 4) is 11.5 Å². The number of hydrogen-bond acceptors (Lipinski definition) is 3. The van der Waals surface area contributed by atoms with Gasteiger partial charge in [-0.25, -0.2) is 0 Å². The van der Waals surface area contributed by atoms with Crippen molar-refractivity contribution in [1.82, 2.24) is 0 Å². The van der Waals surface area contributed by atoms with Gasteiger partial charge < -0.3 is 14.6 Å². The summed E-state index contributed by atoms with van der Waals surface area (Å²) in [5, 5.41) is 10.3. The number of hydrogen-bond donors (Lipinski definition) is 1. The fraction of sp³-hybridized carbons (Fsp3) is 0.571. The van der Waals surface area contributed by atoms with Crippen LogP contribution in [0.5, 0.6) is 11.5 Å². The SMILES string of the molecule is COc1cc(C(O)CC(C)(C)C)c(OC)cc1Br. The van der Waals surface area contributed by atoms with Crippen LogP contribution in [0.4, 0.5) is 0 Å². The molecule has 0 aliphatic heterocycles. The van der Waals surface area contributed by atoms with Crippen molar-refractivity contribution < 1.29 is 14.6 Å². The second-order valence-electron chi connectivity index (χ2n) is 5.51. The molecule has 1 unspecified atom stereocenters. The van der Waals surface area contributed by atoms with Gasteiger partial charge in [0.25, 0.3) is 0 Å². The third-order valence-corrected chi connectivity index (χ3v) is 3.29. The molecule has 0 aliphatic carbocycles. The maximum Gasteiger partial charge on any atom is 0.133 e. The first kappa shape index (κ1) is 15.3. The second-order valence-corrected chi connectivity index (χ2v) is 6.36. The Hall–Kier alpha value is -0.740. The Morgan fingerprint density at radius 3 is 2.17 bits per heavy atom. The van der Waals surface area contributed by atoms with E-state index in [1.807, 2.05) is 12.1 Å². The molecule has 4 heteroatoms. The lowest BCUT2D eigenvalue weighted by Gasteiger charge is -2.24. The van der Waals surface area contributed by atoms with Crippen LogP contribution in [0.2, 0.25) is 0 Å². The van der Waals surface area contributed by atoms with Crippen LogP contribution in [0.25, 0.3) is 0 Å². The summed E-state index contributed by atoms with van der Waals surface area (Å²) in [5.41, 5.74) is 0.803. The Bertz CT molecular complexity index is 410. The van der Waals surface area contributed by atoms with E-state index in [0.717, 1.165) is 10.0 Å². The number of aliphatic hydroxyl groups is 1. The summed E-state index contributed by atoms with van der Waals surface area (Å²) in [4.78, 5) is 0. The molecule has 0 saturated heterocycles. The predicted molar refractivity (Wildman–Crippen MR) is 76.3 cm³/mol. The molecule has 0 heterocycles. The highest BCUT2D eigenvalue weighted by atomic mass is 79.9. The molecule has 0 saturated carbocycles. The summed E-state index contributed by atoms with van der Waals surface area (Å²) in [6.45, 7) is 6.29. The van der Waals surface area contributed by atoms with E-state index in [-0.39, 0.29) is 5.41 Å². The summed E-state index contributed by atoms with van der Waals surface area (Å²) in [5.74, 6) is 1.36. The van der Waals surface area contributed by atoms with Crippen molar-refractivity contribution in [3.63, 3.8) is 0 Å². The third kappa shape index (κ3) is 3.89. The number of methoxy groups -OCH3 is 2. The van der Waals surface area contributed by atoms with E-state index in [0.29, 0.717) is 17.9 Å². The van der Waals surface area contributed by atoms with Crippen LogP contribution in [0.3, 0.4) is 0 Å². The van der Waals surface area contributed by atoms with Crippen molar-refractivity contribution >= 4 is 15.9 Å². The fourth-order valence-corrected chi connectivity index (χ4v) is 2.32. The lowest BCUT2D eigenvalue weighted by atomic mass is 9.86. The molecular formula is C14H21BrO3. The first-order valence-corrected chi connectivity index (χ1v) is 6.67. The first-order valence-electron chi connectivity index (χ1n) is 5.88. The van der Waals surface area contributed by atoms with Gasteiger partial charge in [0, 0.05) is 5.56 Å². The molecule has 3 nitrogen and oxygen atoms in total. The molecule has 0 aliphatic rings. The highest BCUT2D eigenvalue weighted by molar-refractivity contribution is 9.10. The van der Waals surface area contributed by atoms with E-state index in [1.54, 1.807) is 14.2 Å². The Morgan fingerprint density at radius 2 is 1.72 bits per heavy atom. The zero-order valence-corrected chi connectivity index (χ0v) is 13.2. The maximum atomic E-state index is 10.3. The van der Waals surface area contributed by atoms with Crippen LogP contribution in [0.1, 0.15) is 38.9 Å². The molecule has 0 bridgehead atoms. The van der Waals surface area contributed by atoms with Gasteiger partial charge in [0.1, 0.15) is 11.5 Å². The zero-order valence-electron chi connectivity index (χ0n) is 11.6. The minimum absolute atomic E-state index is 0.0464. The molecule has 0 spiro atoms. The molecule has 0 fully saturated rings. The van der Waals surface area contributed by atoms with E-state index in [2.05, 4.69) is 36.7 Å². The standard InChI is InChI=1S/C14H21BrO3/c1-14(2,3)8-11(16)9-6-13(18-5)10(15)7-12(9)17-4/h6-7,11,16H,8H2,1-5H3. The van der Waals surface area contributed by atoms with Crippen LogP contribution < -0.4 is 9.47 Å². The topological polar surface area (TPSA) is 38.7 Å². The quantitative estimate of drug-likeness (QED) is 0.914. The average Bonchev–Trinajstić information content (AvgIpc) is 2.26. The van der Waals surface area contributed by atoms with Gasteiger partial charge in [-0.05, 0) is 39.9 Å². The average molecular weight is 317 g/mol. The molecule has 18 heavy (non-hydrogen) atoms. The van der Waals surface area contributed by atoms with Crippen molar-refractivity contribution in [2.24, 2.45) is 5.41 Å². The molecule has 0 aromatic heterocycles. The van der Waals surface area contributed by atoms with E-state index in [1.165, 1.54) is 0 Å². The minimum Gasteiger partial charge on any atom is -0.496 e. The second kappa shape index (κ2) is 5.93. The summed E-state index contributed by atoms with van der Waals surface area (Å²) < 4.78 is 11.4. The lowest BCUT2D eigenvalue weighted by Crippen LogP contribution is -2.12. The third-order valence-electron chi connectivity index (χ3n) is 2.67. The van der Waals surface area contributed by atoms with Crippen molar-refractivity contribution in [1.29, 1.82) is 0 Å². The van der Waals surface area contributed by atoms with Crippen LogP contribution in [-0.4, -0.2) is 19.3 Å². The molecule has 1 aromatic carbocycles. The first-order chi connectivity index (χ1) is 8.28. The van der Waals surface area contributed by atoms with E-state index in [9.17, 15) is 5.11 Å². The van der Waals surface area contributed by atoms with Gasteiger partial charge in [-0.2, -0.15) is 0 Å². The number of aliphatic hydroxyl groups excluding tert-OH is 1. The van der Waals surface area contributed by atoms with Gasteiger partial charge in [0.2, 0.25) is 0 Å². The Kier molecular flexibility index (Phi) is 5.05. The summed E-state index contributed by atoms with van der Waals surface area (Å²) >= 11 is 3.41. The molecule has 1 aromatic rings. The number of ether oxygens (including phenoxy) is 2. The fourth-order valence-electron chi connectivity index (χ4n) is 1.83. The lowest BCUT2D eigenvalue weighted by molar-refractivity contribution is 0.119. The Labute approximate surface area is 117 Å². The van der Waals surface area contributed by atoms with Gasteiger partial charge in [-0.15, -0.1) is 0 Å². The normalized spacial score (nSPS) is 13.3. The highest BCUT2D eigenvalue weighted by Gasteiger charge is 2.22. The Balaban J connectivity index is 3.13.